The average Bonchev–Trinajstić information content (AvgIpc) is 2.75. The van der Waals surface area contributed by atoms with Crippen LogP contribution in [0.5, 0.6) is 0 Å². The van der Waals surface area contributed by atoms with Gasteiger partial charge in [0.15, 0.2) is 22.8 Å². The smallest absolute Gasteiger partial charge is 0.171 e. The molecule has 0 bridgehead atoms. The monoisotopic (exact) mass is 272 g/mol. The molecule has 1 aliphatic rings. The Morgan fingerprint density at radius 3 is 2.25 bits per heavy atom. The summed E-state index contributed by atoms with van der Waals surface area (Å²) >= 11 is 0. The van der Waals surface area contributed by atoms with Gasteiger partial charge in [-0.15, -0.1) is 0 Å². The van der Waals surface area contributed by atoms with E-state index in [-0.39, 0.29) is 17.0 Å². The van der Waals surface area contributed by atoms with Gasteiger partial charge in [-0.05, 0) is 42.9 Å². The van der Waals surface area contributed by atoms with E-state index in [1.54, 1.807) is 19.1 Å². The number of hydrogen-bond acceptors (Lipinski definition) is 1. The molecule has 0 unspecified atom stereocenters. The molecule has 0 amide bonds. The number of fused-ring (bicyclic) bond motifs is 3. The molecule has 4 rings (SSSR count). The van der Waals surface area contributed by atoms with E-state index in [0.717, 1.165) is 19.3 Å². The van der Waals surface area contributed by atoms with Crippen molar-refractivity contribution in [2.45, 2.75) is 32.1 Å². The first kappa shape index (κ1) is 11.9. The second-order valence-corrected chi connectivity index (χ2v) is 5.65. The molecule has 3 aromatic rings. The van der Waals surface area contributed by atoms with Crippen LogP contribution in [0.3, 0.4) is 0 Å². The molecular weight excluding hydrogens is 258 g/mol. The third-order valence-electron chi connectivity index (χ3n) is 4.46. The van der Waals surface area contributed by atoms with Crippen LogP contribution in [0, 0.1) is 18.6 Å². The molecule has 1 fully saturated rings. The summed E-state index contributed by atoms with van der Waals surface area (Å²) in [4.78, 5) is 0. The van der Waals surface area contributed by atoms with Gasteiger partial charge in [-0.2, -0.15) is 0 Å². The standard InChI is InChI=1S/C17H14F2O/c1-9-5-6-12-13-8-7-11(10-3-2-4-10)15(19)17(13)20-16(12)14(9)18/h5-8,10H,2-4H2,1H3. The van der Waals surface area contributed by atoms with Gasteiger partial charge in [0.2, 0.25) is 0 Å². The van der Waals surface area contributed by atoms with E-state index in [1.165, 1.54) is 0 Å². The fraction of sp³-hybridized carbons (Fsp3) is 0.294. The Balaban J connectivity index is 2.05. The maximum absolute atomic E-state index is 14.6. The first-order chi connectivity index (χ1) is 9.66. The molecule has 1 nitrogen and oxygen atoms in total. The van der Waals surface area contributed by atoms with Gasteiger partial charge < -0.3 is 4.42 Å². The van der Waals surface area contributed by atoms with Crippen molar-refractivity contribution in [1.82, 2.24) is 0 Å². The Kier molecular flexibility index (Phi) is 2.40. The lowest BCUT2D eigenvalue weighted by Crippen LogP contribution is -2.10. The van der Waals surface area contributed by atoms with Gasteiger partial charge in [0.1, 0.15) is 0 Å². The quantitative estimate of drug-likeness (QED) is 0.575. The average molecular weight is 272 g/mol. The summed E-state index contributed by atoms with van der Waals surface area (Å²) in [5, 5.41) is 1.29. The highest BCUT2D eigenvalue weighted by Gasteiger charge is 2.25. The van der Waals surface area contributed by atoms with Gasteiger partial charge >= 0.3 is 0 Å². The molecule has 20 heavy (non-hydrogen) atoms. The fourth-order valence-electron chi connectivity index (χ4n) is 2.99. The molecule has 1 saturated carbocycles. The van der Waals surface area contributed by atoms with E-state index in [9.17, 15) is 8.78 Å². The molecule has 0 saturated heterocycles. The fourth-order valence-corrected chi connectivity index (χ4v) is 2.99. The summed E-state index contributed by atoms with van der Waals surface area (Å²) in [6.45, 7) is 1.68. The largest absolute Gasteiger partial charge is 0.450 e. The lowest BCUT2D eigenvalue weighted by molar-refractivity contribution is 0.403. The van der Waals surface area contributed by atoms with E-state index >= 15 is 0 Å². The van der Waals surface area contributed by atoms with Crippen molar-refractivity contribution in [2.75, 3.05) is 0 Å². The maximum Gasteiger partial charge on any atom is 0.171 e. The van der Waals surface area contributed by atoms with Crippen molar-refractivity contribution in [2.24, 2.45) is 0 Å². The highest BCUT2D eigenvalue weighted by molar-refractivity contribution is 6.05. The number of hydrogen-bond donors (Lipinski definition) is 0. The topological polar surface area (TPSA) is 13.1 Å². The van der Waals surface area contributed by atoms with Gasteiger partial charge in [0.05, 0.1) is 0 Å². The first-order valence-electron chi connectivity index (χ1n) is 6.96. The number of aryl methyl sites for hydroxylation is 1. The third-order valence-corrected chi connectivity index (χ3v) is 4.46. The summed E-state index contributed by atoms with van der Waals surface area (Å²) < 4.78 is 34.2. The zero-order chi connectivity index (χ0) is 13.9. The van der Waals surface area contributed by atoms with Crippen LogP contribution >= 0.6 is 0 Å². The molecule has 0 aliphatic heterocycles. The second-order valence-electron chi connectivity index (χ2n) is 5.65. The third kappa shape index (κ3) is 1.46. The van der Waals surface area contributed by atoms with Gasteiger partial charge in [0, 0.05) is 10.8 Å². The normalized spacial score (nSPS) is 15.9. The molecule has 1 aromatic heterocycles. The van der Waals surface area contributed by atoms with Crippen LogP contribution in [0.4, 0.5) is 8.78 Å². The van der Waals surface area contributed by atoms with Gasteiger partial charge in [-0.25, -0.2) is 8.78 Å². The first-order valence-corrected chi connectivity index (χ1v) is 6.96. The molecule has 0 N–H and O–H groups in total. The summed E-state index contributed by atoms with van der Waals surface area (Å²) in [5.74, 6) is -0.428. The zero-order valence-corrected chi connectivity index (χ0v) is 11.2. The predicted octanol–water partition coefficient (Wildman–Crippen LogP) is 5.44. The van der Waals surface area contributed by atoms with E-state index in [4.69, 9.17) is 4.42 Å². The Morgan fingerprint density at radius 2 is 1.60 bits per heavy atom. The minimum atomic E-state index is -0.400. The Labute approximate surface area is 115 Å². The number of furan rings is 1. The summed E-state index contributed by atoms with van der Waals surface area (Å²) in [7, 11) is 0. The maximum atomic E-state index is 14.6. The van der Waals surface area contributed by atoms with Crippen molar-refractivity contribution >= 4 is 21.9 Å². The summed E-state index contributed by atoms with van der Waals surface area (Å²) in [6.07, 6.45) is 3.20. The molecular formula is C17H14F2O. The van der Waals surface area contributed by atoms with Crippen LogP contribution in [0.2, 0.25) is 0 Å². The van der Waals surface area contributed by atoms with E-state index in [2.05, 4.69) is 0 Å². The predicted molar refractivity (Wildman–Crippen MR) is 75.0 cm³/mol. The highest BCUT2D eigenvalue weighted by atomic mass is 19.1. The van der Waals surface area contributed by atoms with Crippen LogP contribution in [0.25, 0.3) is 21.9 Å². The Morgan fingerprint density at radius 1 is 0.950 bits per heavy atom. The minimum absolute atomic E-state index is 0.157. The molecule has 102 valence electrons. The van der Waals surface area contributed by atoms with Crippen molar-refractivity contribution < 1.29 is 13.2 Å². The van der Waals surface area contributed by atoms with Crippen LogP contribution in [-0.4, -0.2) is 0 Å². The zero-order valence-electron chi connectivity index (χ0n) is 11.2. The van der Waals surface area contributed by atoms with Gasteiger partial charge in [-0.3, -0.25) is 0 Å². The summed E-state index contributed by atoms with van der Waals surface area (Å²) in [6, 6.07) is 7.17. The van der Waals surface area contributed by atoms with Crippen LogP contribution < -0.4 is 0 Å². The molecule has 1 aliphatic carbocycles. The Bertz CT molecular complexity index is 828. The minimum Gasteiger partial charge on any atom is -0.450 e. The molecule has 1 heterocycles. The number of rotatable bonds is 1. The van der Waals surface area contributed by atoms with Crippen molar-refractivity contribution in [1.29, 1.82) is 0 Å². The van der Waals surface area contributed by atoms with Crippen molar-refractivity contribution in [3.05, 3.63) is 47.0 Å². The van der Waals surface area contributed by atoms with Crippen molar-refractivity contribution in [3.8, 4) is 0 Å². The lowest BCUT2D eigenvalue weighted by Gasteiger charge is -2.25. The van der Waals surface area contributed by atoms with E-state index in [0.29, 0.717) is 27.8 Å². The van der Waals surface area contributed by atoms with E-state index < -0.39 is 5.82 Å². The molecule has 0 radical (unpaired) electrons. The van der Waals surface area contributed by atoms with Crippen LogP contribution in [-0.2, 0) is 0 Å². The lowest BCUT2D eigenvalue weighted by atomic mass is 9.79. The van der Waals surface area contributed by atoms with Crippen LogP contribution in [0.1, 0.15) is 36.3 Å². The second kappa shape index (κ2) is 4.05. The molecule has 0 spiro atoms. The number of halogens is 2. The SMILES string of the molecule is Cc1ccc2c(oc3c(F)c(C4CCC4)ccc32)c1F. The van der Waals surface area contributed by atoms with Crippen LogP contribution in [0.15, 0.2) is 28.7 Å². The van der Waals surface area contributed by atoms with Gasteiger partial charge in [-0.1, -0.05) is 24.6 Å². The van der Waals surface area contributed by atoms with Crippen molar-refractivity contribution in [3.63, 3.8) is 0 Å². The highest BCUT2D eigenvalue weighted by Crippen LogP contribution is 2.41. The van der Waals surface area contributed by atoms with Gasteiger partial charge in [0.25, 0.3) is 0 Å². The van der Waals surface area contributed by atoms with E-state index in [1.807, 2.05) is 12.1 Å². The number of benzene rings is 2. The molecule has 2 aromatic carbocycles. The molecule has 0 atom stereocenters. The molecule has 3 heteroatoms. The summed E-state index contributed by atoms with van der Waals surface area (Å²) in [5.41, 5.74) is 1.56. The Hall–Kier alpha value is -1.90.